The number of carbonyl (C=O) groups excluding carboxylic acids is 1. The Kier molecular flexibility index (Phi) is 3.04. The summed E-state index contributed by atoms with van der Waals surface area (Å²) in [5.74, 6) is -0.320. The van der Waals surface area contributed by atoms with E-state index >= 15 is 0 Å². The molecule has 0 aliphatic carbocycles. The molecule has 0 bridgehead atoms. The first kappa shape index (κ1) is 10.9. The van der Waals surface area contributed by atoms with Crippen molar-refractivity contribution in [3.8, 4) is 11.7 Å². The summed E-state index contributed by atoms with van der Waals surface area (Å²) >= 11 is 3.14. The van der Waals surface area contributed by atoms with Gasteiger partial charge in [0.05, 0.1) is 6.61 Å². The zero-order valence-electron chi connectivity index (χ0n) is 8.27. The smallest absolute Gasteiger partial charge is 0.396 e. The van der Waals surface area contributed by atoms with Crippen LogP contribution in [0.2, 0.25) is 0 Å². The molecule has 6 nitrogen and oxygen atoms in total. The van der Waals surface area contributed by atoms with Gasteiger partial charge in [0.2, 0.25) is 0 Å². The first-order valence-electron chi connectivity index (χ1n) is 4.47. The van der Waals surface area contributed by atoms with E-state index in [1.807, 2.05) is 0 Å². The van der Waals surface area contributed by atoms with Crippen molar-refractivity contribution in [3.63, 3.8) is 0 Å². The maximum absolute atomic E-state index is 11.2. The van der Waals surface area contributed by atoms with Gasteiger partial charge in [-0.15, -0.1) is 10.2 Å². The van der Waals surface area contributed by atoms with Crippen LogP contribution in [-0.2, 0) is 4.74 Å². The molecule has 0 unspecified atom stereocenters. The predicted octanol–water partition coefficient (Wildman–Crippen LogP) is 2.27. The Morgan fingerprint density at radius 2 is 2.25 bits per heavy atom. The highest BCUT2D eigenvalue weighted by Crippen LogP contribution is 2.23. The van der Waals surface area contributed by atoms with E-state index in [9.17, 15) is 4.79 Å². The van der Waals surface area contributed by atoms with E-state index in [1.165, 1.54) is 0 Å². The van der Waals surface area contributed by atoms with Crippen LogP contribution in [0.4, 0.5) is 0 Å². The van der Waals surface area contributed by atoms with Crippen molar-refractivity contribution >= 4 is 21.9 Å². The Balaban J connectivity index is 2.22. The number of ether oxygens (including phenoxy) is 1. The fourth-order valence-electron chi connectivity index (χ4n) is 1.03. The molecule has 2 rings (SSSR count). The number of aromatic nitrogens is 2. The van der Waals surface area contributed by atoms with Crippen molar-refractivity contribution in [2.75, 3.05) is 6.61 Å². The Bertz CT molecular complexity index is 505. The van der Waals surface area contributed by atoms with E-state index in [4.69, 9.17) is 13.6 Å². The molecule has 0 fully saturated rings. The van der Waals surface area contributed by atoms with Gasteiger partial charge in [-0.05, 0) is 35.0 Å². The Morgan fingerprint density at radius 3 is 2.88 bits per heavy atom. The minimum atomic E-state index is -0.646. The van der Waals surface area contributed by atoms with Gasteiger partial charge in [-0.2, -0.15) is 0 Å². The second-order valence-corrected chi connectivity index (χ2v) is 3.52. The number of rotatable bonds is 3. The standard InChI is InChI=1S/C9H7BrN2O4/c1-2-14-9(13)8-12-11-7(16-8)5-3-4-6(10)15-5/h3-4H,2H2,1H3. The molecular formula is C9H7BrN2O4. The number of carbonyl (C=O) groups is 1. The number of halogens is 1. The summed E-state index contributed by atoms with van der Waals surface area (Å²) < 4.78 is 15.5. The fraction of sp³-hybridized carbons (Fsp3) is 0.222. The summed E-state index contributed by atoms with van der Waals surface area (Å²) in [5.41, 5.74) is 0. The van der Waals surface area contributed by atoms with E-state index in [-0.39, 0.29) is 18.4 Å². The molecular weight excluding hydrogens is 280 g/mol. The number of nitrogens with zero attached hydrogens (tertiary/aromatic N) is 2. The average Bonchev–Trinajstić information content (AvgIpc) is 2.85. The highest BCUT2D eigenvalue weighted by atomic mass is 79.9. The maximum Gasteiger partial charge on any atom is 0.396 e. The zero-order valence-corrected chi connectivity index (χ0v) is 9.85. The molecule has 0 aliphatic rings. The second-order valence-electron chi connectivity index (χ2n) is 2.74. The van der Waals surface area contributed by atoms with E-state index in [0.717, 1.165) is 0 Å². The van der Waals surface area contributed by atoms with Crippen molar-refractivity contribution < 1.29 is 18.4 Å². The second kappa shape index (κ2) is 4.48. The van der Waals surface area contributed by atoms with Crippen LogP contribution in [-0.4, -0.2) is 22.8 Å². The summed E-state index contributed by atoms with van der Waals surface area (Å²) in [6, 6.07) is 3.33. The minimum absolute atomic E-state index is 0.133. The molecule has 16 heavy (non-hydrogen) atoms. The molecule has 0 aromatic carbocycles. The van der Waals surface area contributed by atoms with Crippen molar-refractivity contribution in [2.45, 2.75) is 6.92 Å². The zero-order chi connectivity index (χ0) is 11.5. The molecule has 7 heteroatoms. The van der Waals surface area contributed by atoms with E-state index < -0.39 is 5.97 Å². The molecule has 0 aliphatic heterocycles. The van der Waals surface area contributed by atoms with Crippen molar-refractivity contribution in [1.29, 1.82) is 0 Å². The number of esters is 1. The van der Waals surface area contributed by atoms with Gasteiger partial charge in [-0.25, -0.2) is 4.79 Å². The third-order valence-electron chi connectivity index (χ3n) is 1.66. The van der Waals surface area contributed by atoms with Gasteiger partial charge in [0, 0.05) is 0 Å². The van der Waals surface area contributed by atoms with Crippen LogP contribution in [0.3, 0.4) is 0 Å². The van der Waals surface area contributed by atoms with Gasteiger partial charge in [-0.3, -0.25) is 0 Å². The molecule has 2 aromatic rings. The molecule has 0 spiro atoms. The molecule has 0 radical (unpaired) electrons. The van der Waals surface area contributed by atoms with Crippen LogP contribution in [0.1, 0.15) is 17.6 Å². The monoisotopic (exact) mass is 286 g/mol. The first-order chi connectivity index (χ1) is 7.70. The number of hydrogen-bond donors (Lipinski definition) is 0. The lowest BCUT2D eigenvalue weighted by atomic mass is 10.5. The Labute approximate surface area is 98.7 Å². The van der Waals surface area contributed by atoms with E-state index in [1.54, 1.807) is 19.1 Å². The van der Waals surface area contributed by atoms with E-state index in [2.05, 4.69) is 26.1 Å². The number of furan rings is 1. The lowest BCUT2D eigenvalue weighted by Crippen LogP contribution is -2.04. The molecule has 0 amide bonds. The molecule has 0 atom stereocenters. The van der Waals surface area contributed by atoms with Gasteiger partial charge in [0.25, 0.3) is 5.89 Å². The summed E-state index contributed by atoms with van der Waals surface area (Å²) in [7, 11) is 0. The van der Waals surface area contributed by atoms with Gasteiger partial charge in [0.1, 0.15) is 0 Å². The molecule has 0 saturated carbocycles. The Hall–Kier alpha value is -1.63. The summed E-state index contributed by atoms with van der Waals surface area (Å²) in [6.45, 7) is 1.95. The quantitative estimate of drug-likeness (QED) is 0.806. The SMILES string of the molecule is CCOC(=O)c1nnc(-c2ccc(Br)o2)o1. The fourth-order valence-corrected chi connectivity index (χ4v) is 1.33. The van der Waals surface area contributed by atoms with Crippen molar-refractivity contribution in [1.82, 2.24) is 10.2 Å². The predicted molar refractivity (Wildman–Crippen MR) is 55.7 cm³/mol. The van der Waals surface area contributed by atoms with Crippen LogP contribution in [0, 0.1) is 0 Å². The minimum Gasteiger partial charge on any atom is -0.459 e. The molecule has 2 aromatic heterocycles. The largest absolute Gasteiger partial charge is 0.459 e. The lowest BCUT2D eigenvalue weighted by Gasteiger charge is -1.93. The van der Waals surface area contributed by atoms with Crippen LogP contribution in [0.5, 0.6) is 0 Å². The van der Waals surface area contributed by atoms with Crippen LogP contribution in [0.25, 0.3) is 11.7 Å². The third kappa shape index (κ3) is 2.13. The van der Waals surface area contributed by atoms with Crippen LogP contribution >= 0.6 is 15.9 Å². The lowest BCUT2D eigenvalue weighted by molar-refractivity contribution is 0.0481. The van der Waals surface area contributed by atoms with Crippen LogP contribution < -0.4 is 0 Å². The van der Waals surface area contributed by atoms with Gasteiger partial charge >= 0.3 is 11.9 Å². The van der Waals surface area contributed by atoms with Gasteiger partial charge in [0.15, 0.2) is 10.4 Å². The molecule has 0 N–H and O–H groups in total. The maximum atomic E-state index is 11.2. The van der Waals surface area contributed by atoms with Gasteiger partial charge in [-0.1, -0.05) is 0 Å². The van der Waals surface area contributed by atoms with Crippen molar-refractivity contribution in [2.24, 2.45) is 0 Å². The van der Waals surface area contributed by atoms with Gasteiger partial charge < -0.3 is 13.6 Å². The Morgan fingerprint density at radius 1 is 1.44 bits per heavy atom. The van der Waals surface area contributed by atoms with Crippen molar-refractivity contribution in [3.05, 3.63) is 22.7 Å². The highest BCUT2D eigenvalue weighted by Gasteiger charge is 2.18. The van der Waals surface area contributed by atoms with Crippen LogP contribution in [0.15, 0.2) is 25.6 Å². The normalized spacial score (nSPS) is 10.4. The average molecular weight is 287 g/mol. The first-order valence-corrected chi connectivity index (χ1v) is 5.26. The molecule has 0 saturated heterocycles. The topological polar surface area (TPSA) is 78.4 Å². The highest BCUT2D eigenvalue weighted by molar-refractivity contribution is 9.10. The molecule has 2 heterocycles. The number of hydrogen-bond acceptors (Lipinski definition) is 6. The third-order valence-corrected chi connectivity index (χ3v) is 2.09. The van der Waals surface area contributed by atoms with E-state index in [0.29, 0.717) is 10.4 Å². The summed E-state index contributed by atoms with van der Waals surface area (Å²) in [5, 5.41) is 7.22. The summed E-state index contributed by atoms with van der Waals surface area (Å²) in [6.07, 6.45) is 0. The summed E-state index contributed by atoms with van der Waals surface area (Å²) in [4.78, 5) is 11.2. The molecule has 84 valence electrons.